The maximum atomic E-state index is 5.05. The molecule has 0 aromatic heterocycles. The van der Waals surface area contributed by atoms with Gasteiger partial charge in [0.15, 0.2) is 6.29 Å². The number of likely N-dealkylation sites (N-methyl/N-ethyl adjacent to an activating group) is 1. The molecule has 8 heavy (non-hydrogen) atoms. The van der Waals surface area contributed by atoms with Crippen molar-refractivity contribution >= 4 is 0 Å². The third-order valence-electron chi connectivity index (χ3n) is 0.950. The minimum absolute atomic E-state index is 0.125. The van der Waals surface area contributed by atoms with Crippen LogP contribution in [0.15, 0.2) is 0 Å². The second kappa shape index (κ2) is 3.02. The molecule has 3 nitrogen and oxygen atoms in total. The van der Waals surface area contributed by atoms with Crippen LogP contribution in [0.4, 0.5) is 0 Å². The highest BCUT2D eigenvalue weighted by atomic mass is 16.7. The fourth-order valence-corrected chi connectivity index (χ4v) is 0.609. The summed E-state index contributed by atoms with van der Waals surface area (Å²) in [5.74, 6) is 0. The maximum absolute atomic E-state index is 5.05. The van der Waals surface area contributed by atoms with Gasteiger partial charge in [-0.05, 0) is 7.05 Å². The summed E-state index contributed by atoms with van der Waals surface area (Å²) in [4.78, 5) is 0. The van der Waals surface area contributed by atoms with Crippen molar-refractivity contribution in [1.29, 1.82) is 0 Å². The molecule has 47 valence electrons. The molecule has 1 heterocycles. The zero-order valence-electron chi connectivity index (χ0n) is 4.89. The van der Waals surface area contributed by atoms with E-state index in [1.54, 1.807) is 6.54 Å². The lowest BCUT2D eigenvalue weighted by molar-refractivity contribution is -0.0187. The SMILES string of the molecule is CN[CH]C1OCCO1. The molecule has 0 aromatic carbocycles. The summed E-state index contributed by atoms with van der Waals surface area (Å²) < 4.78 is 10.1. The molecule has 0 spiro atoms. The standard InChI is InChI=1S/C5H10NO2/c1-6-4-5-7-2-3-8-5/h4-6H,2-3H2,1H3. The molecule has 1 radical (unpaired) electrons. The van der Waals surface area contributed by atoms with Gasteiger partial charge in [-0.15, -0.1) is 0 Å². The molecule has 0 amide bonds. The van der Waals surface area contributed by atoms with E-state index < -0.39 is 0 Å². The quantitative estimate of drug-likeness (QED) is 0.539. The molecule has 1 rings (SSSR count). The van der Waals surface area contributed by atoms with Gasteiger partial charge in [-0.3, -0.25) is 0 Å². The molecule has 0 atom stereocenters. The van der Waals surface area contributed by atoms with Gasteiger partial charge < -0.3 is 14.8 Å². The average molecular weight is 116 g/mol. The molecule has 1 saturated heterocycles. The van der Waals surface area contributed by atoms with Crippen molar-refractivity contribution in [3.05, 3.63) is 6.54 Å². The first kappa shape index (κ1) is 6.01. The average Bonchev–Trinajstić information content (AvgIpc) is 2.19. The van der Waals surface area contributed by atoms with E-state index >= 15 is 0 Å². The second-order valence-electron chi connectivity index (χ2n) is 1.57. The summed E-state index contributed by atoms with van der Waals surface area (Å²) in [5.41, 5.74) is 0. The summed E-state index contributed by atoms with van der Waals surface area (Å²) in [6.45, 7) is 3.19. The van der Waals surface area contributed by atoms with Gasteiger partial charge in [0.1, 0.15) is 0 Å². The Hall–Kier alpha value is -0.120. The van der Waals surface area contributed by atoms with Crippen molar-refractivity contribution < 1.29 is 9.47 Å². The lowest BCUT2D eigenvalue weighted by Crippen LogP contribution is -2.17. The summed E-state index contributed by atoms with van der Waals surface area (Å²) in [5, 5.41) is 2.83. The van der Waals surface area contributed by atoms with Gasteiger partial charge in [-0.1, -0.05) is 0 Å². The monoisotopic (exact) mass is 116 g/mol. The second-order valence-corrected chi connectivity index (χ2v) is 1.57. The van der Waals surface area contributed by atoms with Crippen molar-refractivity contribution in [2.45, 2.75) is 6.29 Å². The van der Waals surface area contributed by atoms with Crippen molar-refractivity contribution in [1.82, 2.24) is 5.32 Å². The van der Waals surface area contributed by atoms with Gasteiger partial charge >= 0.3 is 0 Å². The zero-order chi connectivity index (χ0) is 5.82. The van der Waals surface area contributed by atoms with Crippen molar-refractivity contribution in [3.8, 4) is 0 Å². The van der Waals surface area contributed by atoms with E-state index in [9.17, 15) is 0 Å². The van der Waals surface area contributed by atoms with Gasteiger partial charge in [0.25, 0.3) is 0 Å². The van der Waals surface area contributed by atoms with Gasteiger partial charge in [0, 0.05) is 0 Å². The fraction of sp³-hybridized carbons (Fsp3) is 0.800. The third kappa shape index (κ3) is 1.43. The molecule has 0 aromatic rings. The Labute approximate surface area is 49.0 Å². The van der Waals surface area contributed by atoms with E-state index in [1.165, 1.54) is 0 Å². The first-order valence-electron chi connectivity index (χ1n) is 2.67. The Morgan fingerprint density at radius 3 is 2.62 bits per heavy atom. The molecule has 0 bridgehead atoms. The molecule has 3 heteroatoms. The number of hydrogen-bond acceptors (Lipinski definition) is 3. The van der Waals surface area contributed by atoms with Gasteiger partial charge in [-0.25, -0.2) is 0 Å². The van der Waals surface area contributed by atoms with Crippen LogP contribution in [-0.4, -0.2) is 26.6 Å². The Bertz CT molecular complexity index is 61.4. The first-order chi connectivity index (χ1) is 3.93. The normalized spacial score (nSPS) is 22.1. The van der Waals surface area contributed by atoms with E-state index in [0.29, 0.717) is 13.2 Å². The van der Waals surface area contributed by atoms with Crippen LogP contribution in [0.5, 0.6) is 0 Å². The molecule has 0 unspecified atom stereocenters. The number of ether oxygens (including phenoxy) is 2. The highest BCUT2D eigenvalue weighted by molar-refractivity contribution is 4.66. The first-order valence-corrected chi connectivity index (χ1v) is 2.67. The summed E-state index contributed by atoms with van der Waals surface area (Å²) in [7, 11) is 1.82. The number of nitrogens with one attached hydrogen (secondary N) is 1. The lowest BCUT2D eigenvalue weighted by atomic mass is 10.6. The van der Waals surface area contributed by atoms with Crippen LogP contribution in [0, 0.1) is 6.54 Å². The van der Waals surface area contributed by atoms with Crippen LogP contribution in [0.2, 0.25) is 0 Å². The van der Waals surface area contributed by atoms with Crippen LogP contribution < -0.4 is 5.32 Å². The molecule has 0 aliphatic carbocycles. The highest BCUT2D eigenvalue weighted by Crippen LogP contribution is 2.03. The molecule has 0 saturated carbocycles. The minimum Gasteiger partial charge on any atom is -0.349 e. The van der Waals surface area contributed by atoms with Crippen LogP contribution >= 0.6 is 0 Å². The van der Waals surface area contributed by atoms with E-state index in [4.69, 9.17) is 9.47 Å². The minimum atomic E-state index is -0.125. The van der Waals surface area contributed by atoms with Crippen LogP contribution in [0.25, 0.3) is 0 Å². The van der Waals surface area contributed by atoms with E-state index in [1.807, 2.05) is 7.05 Å². The van der Waals surface area contributed by atoms with Crippen molar-refractivity contribution in [3.63, 3.8) is 0 Å². The zero-order valence-corrected chi connectivity index (χ0v) is 4.89. The molecule has 1 aliphatic heterocycles. The Kier molecular flexibility index (Phi) is 2.27. The van der Waals surface area contributed by atoms with Crippen LogP contribution in [-0.2, 0) is 9.47 Å². The predicted molar refractivity (Wildman–Crippen MR) is 29.1 cm³/mol. The van der Waals surface area contributed by atoms with Crippen molar-refractivity contribution in [2.75, 3.05) is 20.3 Å². The largest absolute Gasteiger partial charge is 0.349 e. The Morgan fingerprint density at radius 2 is 2.12 bits per heavy atom. The molecular formula is C5H10NO2. The fourth-order valence-electron chi connectivity index (χ4n) is 0.609. The highest BCUT2D eigenvalue weighted by Gasteiger charge is 2.13. The topological polar surface area (TPSA) is 30.5 Å². The summed E-state index contributed by atoms with van der Waals surface area (Å²) >= 11 is 0. The summed E-state index contributed by atoms with van der Waals surface area (Å²) in [6, 6.07) is 0. The molecular weight excluding hydrogens is 106 g/mol. The van der Waals surface area contributed by atoms with Crippen LogP contribution in [0.3, 0.4) is 0 Å². The molecule has 1 aliphatic rings. The smallest absolute Gasteiger partial charge is 0.174 e. The van der Waals surface area contributed by atoms with Gasteiger partial charge in [0.2, 0.25) is 0 Å². The molecule has 1 N–H and O–H groups in total. The molecule has 1 fully saturated rings. The van der Waals surface area contributed by atoms with E-state index in [2.05, 4.69) is 5.32 Å². The van der Waals surface area contributed by atoms with E-state index in [-0.39, 0.29) is 6.29 Å². The predicted octanol–water partition coefficient (Wildman–Crippen LogP) is -0.260. The summed E-state index contributed by atoms with van der Waals surface area (Å²) in [6.07, 6.45) is -0.125. The van der Waals surface area contributed by atoms with E-state index in [0.717, 1.165) is 0 Å². The van der Waals surface area contributed by atoms with Crippen LogP contribution in [0.1, 0.15) is 0 Å². The Balaban J connectivity index is 2.06. The maximum Gasteiger partial charge on any atom is 0.174 e. The lowest BCUT2D eigenvalue weighted by Gasteiger charge is -2.04. The third-order valence-corrected chi connectivity index (χ3v) is 0.950. The van der Waals surface area contributed by atoms with Gasteiger partial charge in [0.05, 0.1) is 19.8 Å². The van der Waals surface area contributed by atoms with Crippen molar-refractivity contribution in [2.24, 2.45) is 0 Å². The number of rotatable bonds is 2. The van der Waals surface area contributed by atoms with Gasteiger partial charge in [-0.2, -0.15) is 0 Å². The Morgan fingerprint density at radius 1 is 1.50 bits per heavy atom. The number of hydrogen-bond donors (Lipinski definition) is 1.